The maximum Gasteiger partial charge on any atom is 0.0359 e. The highest BCUT2D eigenvalue weighted by Crippen LogP contribution is 2.43. The second-order valence-electron chi connectivity index (χ2n) is 5.43. The van der Waals surface area contributed by atoms with E-state index in [0.29, 0.717) is 5.54 Å². The molecule has 1 saturated carbocycles. The van der Waals surface area contributed by atoms with E-state index < -0.39 is 0 Å². The summed E-state index contributed by atoms with van der Waals surface area (Å²) in [6.07, 6.45) is 6.73. The Labute approximate surface area is 104 Å². The summed E-state index contributed by atoms with van der Waals surface area (Å²) in [5.74, 6) is 3.48. The summed E-state index contributed by atoms with van der Waals surface area (Å²) in [7, 11) is 2.33. The molecule has 2 nitrogen and oxygen atoms in total. The van der Waals surface area contributed by atoms with Crippen molar-refractivity contribution in [2.75, 3.05) is 25.1 Å². The molecule has 0 radical (unpaired) electrons. The van der Waals surface area contributed by atoms with Crippen LogP contribution in [0.2, 0.25) is 0 Å². The third-order valence-corrected chi connectivity index (χ3v) is 6.07. The Balaban J connectivity index is 2.12. The summed E-state index contributed by atoms with van der Waals surface area (Å²) in [4.78, 5) is 2.66. The second kappa shape index (κ2) is 5.28. The molecule has 0 bridgehead atoms. The Kier molecular flexibility index (Phi) is 4.20. The molecule has 0 spiro atoms. The summed E-state index contributed by atoms with van der Waals surface area (Å²) >= 11 is 2.10. The lowest BCUT2D eigenvalue weighted by atomic mass is 9.82. The van der Waals surface area contributed by atoms with Gasteiger partial charge < -0.3 is 5.73 Å². The zero-order valence-electron chi connectivity index (χ0n) is 10.7. The highest BCUT2D eigenvalue weighted by Gasteiger charge is 2.46. The van der Waals surface area contributed by atoms with Gasteiger partial charge in [-0.05, 0) is 38.0 Å². The van der Waals surface area contributed by atoms with E-state index in [1.54, 1.807) is 0 Å². The standard InChI is InChI=1S/C13H26N2S/c1-3-11-5-4-7-13(11,10-14)15(2)12-6-8-16-9-12/h11-12H,3-10,14H2,1-2H3. The first-order valence-corrected chi connectivity index (χ1v) is 7.91. The van der Waals surface area contributed by atoms with E-state index in [9.17, 15) is 0 Å². The van der Waals surface area contributed by atoms with Gasteiger partial charge in [0.2, 0.25) is 0 Å². The molecule has 2 N–H and O–H groups in total. The van der Waals surface area contributed by atoms with Crippen LogP contribution in [0.3, 0.4) is 0 Å². The third-order valence-electron chi connectivity index (χ3n) is 4.92. The highest BCUT2D eigenvalue weighted by atomic mass is 32.2. The van der Waals surface area contributed by atoms with Gasteiger partial charge in [0, 0.05) is 23.9 Å². The first-order chi connectivity index (χ1) is 7.74. The average molecular weight is 242 g/mol. The SMILES string of the molecule is CCC1CCCC1(CN)N(C)C1CCSC1. The van der Waals surface area contributed by atoms with Crippen molar-refractivity contribution >= 4 is 11.8 Å². The number of nitrogens with zero attached hydrogens (tertiary/aromatic N) is 1. The van der Waals surface area contributed by atoms with Gasteiger partial charge in [-0.15, -0.1) is 0 Å². The first kappa shape index (κ1) is 12.7. The van der Waals surface area contributed by atoms with Crippen molar-refractivity contribution in [3.63, 3.8) is 0 Å². The van der Waals surface area contributed by atoms with Crippen LogP contribution < -0.4 is 5.73 Å². The predicted octanol–water partition coefficient (Wildman–Crippen LogP) is 2.33. The Morgan fingerprint density at radius 2 is 2.25 bits per heavy atom. The van der Waals surface area contributed by atoms with Crippen molar-refractivity contribution in [1.29, 1.82) is 0 Å². The Morgan fingerprint density at radius 1 is 1.44 bits per heavy atom. The minimum Gasteiger partial charge on any atom is -0.329 e. The molecular formula is C13H26N2S. The summed E-state index contributed by atoms with van der Waals surface area (Å²) in [5.41, 5.74) is 6.48. The maximum atomic E-state index is 6.15. The molecule has 1 saturated heterocycles. The van der Waals surface area contributed by atoms with Crippen molar-refractivity contribution in [2.24, 2.45) is 11.7 Å². The van der Waals surface area contributed by atoms with Crippen LogP contribution in [-0.2, 0) is 0 Å². The molecule has 1 aliphatic carbocycles. The van der Waals surface area contributed by atoms with Crippen molar-refractivity contribution < 1.29 is 0 Å². The number of hydrogen-bond donors (Lipinski definition) is 1. The quantitative estimate of drug-likeness (QED) is 0.820. The fourth-order valence-corrected chi connectivity index (χ4v) is 5.05. The van der Waals surface area contributed by atoms with Gasteiger partial charge in [0.15, 0.2) is 0 Å². The van der Waals surface area contributed by atoms with Gasteiger partial charge >= 0.3 is 0 Å². The Hall–Kier alpha value is 0.270. The molecule has 2 rings (SSSR count). The van der Waals surface area contributed by atoms with Crippen LogP contribution in [0.4, 0.5) is 0 Å². The van der Waals surface area contributed by atoms with E-state index in [4.69, 9.17) is 5.73 Å². The van der Waals surface area contributed by atoms with E-state index in [0.717, 1.165) is 18.5 Å². The highest BCUT2D eigenvalue weighted by molar-refractivity contribution is 7.99. The van der Waals surface area contributed by atoms with Gasteiger partial charge in [0.25, 0.3) is 0 Å². The minimum absolute atomic E-state index is 0.324. The molecule has 1 heterocycles. The van der Waals surface area contributed by atoms with Gasteiger partial charge in [-0.2, -0.15) is 11.8 Å². The number of hydrogen-bond acceptors (Lipinski definition) is 3. The van der Waals surface area contributed by atoms with E-state index in [2.05, 4.69) is 30.6 Å². The zero-order valence-corrected chi connectivity index (χ0v) is 11.6. The smallest absolute Gasteiger partial charge is 0.0359 e. The number of thioether (sulfide) groups is 1. The van der Waals surface area contributed by atoms with E-state index >= 15 is 0 Å². The van der Waals surface area contributed by atoms with E-state index in [1.165, 1.54) is 43.6 Å². The van der Waals surface area contributed by atoms with Crippen LogP contribution in [0.5, 0.6) is 0 Å². The van der Waals surface area contributed by atoms with Crippen LogP contribution in [0.25, 0.3) is 0 Å². The van der Waals surface area contributed by atoms with Crippen LogP contribution >= 0.6 is 11.8 Å². The Morgan fingerprint density at radius 3 is 2.81 bits per heavy atom. The van der Waals surface area contributed by atoms with Crippen molar-refractivity contribution in [1.82, 2.24) is 4.90 Å². The van der Waals surface area contributed by atoms with Gasteiger partial charge in [-0.1, -0.05) is 19.8 Å². The molecule has 1 aliphatic heterocycles. The summed E-state index contributed by atoms with van der Waals surface area (Å²) < 4.78 is 0. The molecule has 2 aliphatic rings. The maximum absolute atomic E-state index is 6.15. The van der Waals surface area contributed by atoms with Crippen LogP contribution in [0.1, 0.15) is 39.0 Å². The van der Waals surface area contributed by atoms with Gasteiger partial charge in [-0.3, -0.25) is 4.90 Å². The summed E-state index contributed by atoms with van der Waals surface area (Å²) in [5, 5.41) is 0. The first-order valence-electron chi connectivity index (χ1n) is 6.75. The topological polar surface area (TPSA) is 29.3 Å². The lowest BCUT2D eigenvalue weighted by Crippen LogP contribution is -2.58. The summed E-state index contributed by atoms with van der Waals surface area (Å²) in [6.45, 7) is 3.18. The zero-order chi connectivity index (χ0) is 11.6. The van der Waals surface area contributed by atoms with Crippen LogP contribution in [0, 0.1) is 5.92 Å². The van der Waals surface area contributed by atoms with Gasteiger partial charge in [0.1, 0.15) is 0 Å². The van der Waals surface area contributed by atoms with Crippen LogP contribution in [0.15, 0.2) is 0 Å². The van der Waals surface area contributed by atoms with Crippen molar-refractivity contribution in [3.8, 4) is 0 Å². The minimum atomic E-state index is 0.324. The number of nitrogens with two attached hydrogens (primary N) is 1. The molecule has 2 fully saturated rings. The molecule has 0 amide bonds. The van der Waals surface area contributed by atoms with Gasteiger partial charge in [-0.25, -0.2) is 0 Å². The molecule has 0 aromatic heterocycles. The third kappa shape index (κ3) is 2.02. The van der Waals surface area contributed by atoms with Crippen molar-refractivity contribution in [3.05, 3.63) is 0 Å². The Bertz CT molecular complexity index is 228. The molecule has 3 heteroatoms. The lowest BCUT2D eigenvalue weighted by molar-refractivity contribution is 0.0506. The molecule has 3 atom stereocenters. The number of rotatable bonds is 4. The predicted molar refractivity (Wildman–Crippen MR) is 72.9 cm³/mol. The monoisotopic (exact) mass is 242 g/mol. The van der Waals surface area contributed by atoms with E-state index in [-0.39, 0.29) is 0 Å². The molecule has 3 unspecified atom stereocenters. The average Bonchev–Trinajstić information content (AvgIpc) is 2.97. The molecule has 94 valence electrons. The van der Waals surface area contributed by atoms with Crippen molar-refractivity contribution in [2.45, 2.75) is 50.6 Å². The fourth-order valence-electron chi connectivity index (χ4n) is 3.78. The second-order valence-corrected chi connectivity index (χ2v) is 6.58. The van der Waals surface area contributed by atoms with Crippen LogP contribution in [-0.4, -0.2) is 41.6 Å². The lowest BCUT2D eigenvalue weighted by Gasteiger charge is -2.45. The van der Waals surface area contributed by atoms with E-state index in [1.807, 2.05) is 0 Å². The molecular weight excluding hydrogens is 216 g/mol. The summed E-state index contributed by atoms with van der Waals surface area (Å²) in [6, 6.07) is 0.778. The molecule has 16 heavy (non-hydrogen) atoms. The largest absolute Gasteiger partial charge is 0.329 e. The molecule has 0 aromatic rings. The normalized spacial score (nSPS) is 39.8. The van der Waals surface area contributed by atoms with Gasteiger partial charge in [0.05, 0.1) is 0 Å². The number of likely N-dealkylation sites (N-methyl/N-ethyl adjacent to an activating group) is 1. The fraction of sp³-hybridized carbons (Fsp3) is 1.00. The molecule has 0 aromatic carbocycles.